The lowest BCUT2D eigenvalue weighted by atomic mass is 10.4. The summed E-state index contributed by atoms with van der Waals surface area (Å²) in [6.45, 7) is 4.37. The van der Waals surface area contributed by atoms with Gasteiger partial charge in [-0.05, 0) is 6.92 Å². The Balaban J connectivity index is 3.54. The smallest absolute Gasteiger partial charge is 0.333 e. The van der Waals surface area contributed by atoms with Gasteiger partial charge in [-0.3, -0.25) is 4.79 Å². The maximum absolute atomic E-state index is 10.8. The van der Waals surface area contributed by atoms with Gasteiger partial charge in [-0.2, -0.15) is 4.99 Å². The molecule has 0 bridgehead atoms. The summed E-state index contributed by atoms with van der Waals surface area (Å²) < 4.78 is 9.19. The zero-order valence-electron chi connectivity index (χ0n) is 8.32. The second kappa shape index (κ2) is 7.46. The Kier molecular flexibility index (Phi) is 6.50. The standard InChI is InChI=1S/C9H11NO5/c1-7(2)9(13)15-4-3-14-8(12)5-10-6-11/h1,3-5H2,2H3. The van der Waals surface area contributed by atoms with Crippen LogP contribution in [-0.4, -0.2) is 37.8 Å². The highest BCUT2D eigenvalue weighted by atomic mass is 16.6. The van der Waals surface area contributed by atoms with Gasteiger partial charge in [0, 0.05) is 5.57 Å². The van der Waals surface area contributed by atoms with E-state index < -0.39 is 11.9 Å². The largest absolute Gasteiger partial charge is 0.461 e. The Bertz CT molecular complexity index is 304. The zero-order chi connectivity index (χ0) is 11.7. The lowest BCUT2D eigenvalue weighted by molar-refractivity contribution is -0.148. The van der Waals surface area contributed by atoms with E-state index >= 15 is 0 Å². The first-order valence-corrected chi connectivity index (χ1v) is 4.09. The maximum atomic E-state index is 10.8. The van der Waals surface area contributed by atoms with Crippen LogP contribution in [-0.2, 0) is 23.9 Å². The molecule has 0 rings (SSSR count). The molecule has 0 aliphatic rings. The van der Waals surface area contributed by atoms with Gasteiger partial charge in [0.05, 0.1) is 0 Å². The highest BCUT2D eigenvalue weighted by Gasteiger charge is 2.04. The second-order valence-electron chi connectivity index (χ2n) is 2.54. The van der Waals surface area contributed by atoms with Crippen LogP contribution >= 0.6 is 0 Å². The molecule has 0 spiro atoms. The zero-order valence-corrected chi connectivity index (χ0v) is 8.32. The van der Waals surface area contributed by atoms with Crippen molar-refractivity contribution in [2.24, 2.45) is 4.99 Å². The number of esters is 2. The van der Waals surface area contributed by atoms with Crippen LogP contribution in [0.5, 0.6) is 0 Å². The van der Waals surface area contributed by atoms with Crippen molar-refractivity contribution in [3.8, 4) is 0 Å². The average Bonchev–Trinajstić information content (AvgIpc) is 2.20. The third kappa shape index (κ3) is 7.16. The molecular formula is C9H11NO5. The van der Waals surface area contributed by atoms with Crippen LogP contribution in [0.1, 0.15) is 6.92 Å². The maximum Gasteiger partial charge on any atom is 0.333 e. The van der Waals surface area contributed by atoms with Crippen LogP contribution in [0.15, 0.2) is 17.1 Å². The van der Waals surface area contributed by atoms with Crippen molar-refractivity contribution in [3.05, 3.63) is 12.2 Å². The molecular weight excluding hydrogens is 202 g/mol. The van der Waals surface area contributed by atoms with Crippen molar-refractivity contribution >= 4 is 18.0 Å². The number of isocyanates is 1. The normalized spacial score (nSPS) is 8.60. The summed E-state index contributed by atoms with van der Waals surface area (Å²) in [6, 6.07) is 0. The minimum absolute atomic E-state index is 0.0533. The lowest BCUT2D eigenvalue weighted by Gasteiger charge is -2.04. The molecule has 0 saturated carbocycles. The number of hydrogen-bond acceptors (Lipinski definition) is 6. The molecule has 0 saturated heterocycles. The Morgan fingerprint density at radius 3 is 2.47 bits per heavy atom. The number of carbonyl (C=O) groups excluding carboxylic acids is 3. The Labute approximate surface area is 86.6 Å². The van der Waals surface area contributed by atoms with E-state index in [1.54, 1.807) is 0 Å². The van der Waals surface area contributed by atoms with E-state index in [0.29, 0.717) is 0 Å². The van der Waals surface area contributed by atoms with Crippen molar-refractivity contribution in [1.82, 2.24) is 0 Å². The molecule has 15 heavy (non-hydrogen) atoms. The number of ether oxygens (including phenoxy) is 2. The number of aliphatic imine (C=N–C) groups is 1. The summed E-state index contributed by atoms with van der Waals surface area (Å²) in [4.78, 5) is 34.2. The molecule has 0 N–H and O–H groups in total. The summed E-state index contributed by atoms with van der Waals surface area (Å²) in [5.41, 5.74) is 0.270. The minimum Gasteiger partial charge on any atom is -0.461 e. The molecule has 6 nitrogen and oxygen atoms in total. The fourth-order valence-electron chi connectivity index (χ4n) is 0.556. The summed E-state index contributed by atoms with van der Waals surface area (Å²) in [7, 11) is 0. The summed E-state index contributed by atoms with van der Waals surface area (Å²) in [5, 5.41) is 0. The third-order valence-corrected chi connectivity index (χ3v) is 1.20. The second-order valence-corrected chi connectivity index (χ2v) is 2.54. The Hall–Kier alpha value is -1.94. The fourth-order valence-corrected chi connectivity index (χ4v) is 0.556. The Morgan fingerprint density at radius 2 is 1.93 bits per heavy atom. The molecule has 0 heterocycles. The predicted molar refractivity (Wildman–Crippen MR) is 49.7 cm³/mol. The van der Waals surface area contributed by atoms with Crippen molar-refractivity contribution in [1.29, 1.82) is 0 Å². The molecule has 0 fully saturated rings. The summed E-state index contributed by atoms with van der Waals surface area (Å²) in [6.07, 6.45) is 1.20. The van der Waals surface area contributed by atoms with E-state index in [9.17, 15) is 14.4 Å². The van der Waals surface area contributed by atoms with Crippen molar-refractivity contribution in [2.75, 3.05) is 19.8 Å². The average molecular weight is 213 g/mol. The van der Waals surface area contributed by atoms with E-state index in [2.05, 4.69) is 21.0 Å². The van der Waals surface area contributed by atoms with Gasteiger partial charge in [0.1, 0.15) is 19.8 Å². The highest BCUT2D eigenvalue weighted by molar-refractivity contribution is 5.86. The molecule has 0 aromatic heterocycles. The van der Waals surface area contributed by atoms with Crippen LogP contribution in [0.2, 0.25) is 0 Å². The molecule has 0 aromatic carbocycles. The predicted octanol–water partition coefficient (Wildman–Crippen LogP) is -0.0153. The molecule has 0 aliphatic heterocycles. The van der Waals surface area contributed by atoms with Crippen LogP contribution in [0.3, 0.4) is 0 Å². The molecule has 0 amide bonds. The first-order valence-electron chi connectivity index (χ1n) is 4.09. The van der Waals surface area contributed by atoms with Gasteiger partial charge in [0.2, 0.25) is 6.08 Å². The first-order chi connectivity index (χ1) is 7.07. The van der Waals surface area contributed by atoms with E-state index in [4.69, 9.17) is 0 Å². The van der Waals surface area contributed by atoms with Crippen molar-refractivity contribution < 1.29 is 23.9 Å². The first kappa shape index (κ1) is 13.1. The van der Waals surface area contributed by atoms with Gasteiger partial charge in [-0.1, -0.05) is 6.58 Å². The molecule has 82 valence electrons. The molecule has 0 aromatic rings. The number of rotatable bonds is 6. The van der Waals surface area contributed by atoms with Crippen LogP contribution in [0.25, 0.3) is 0 Å². The van der Waals surface area contributed by atoms with E-state index in [1.165, 1.54) is 13.0 Å². The van der Waals surface area contributed by atoms with Gasteiger partial charge in [0.15, 0.2) is 0 Å². The van der Waals surface area contributed by atoms with Gasteiger partial charge in [-0.25, -0.2) is 9.59 Å². The fraction of sp³-hybridized carbons (Fsp3) is 0.444. The topological polar surface area (TPSA) is 82.0 Å². The van der Waals surface area contributed by atoms with E-state index in [0.717, 1.165) is 0 Å². The monoisotopic (exact) mass is 213 g/mol. The van der Waals surface area contributed by atoms with Crippen LogP contribution in [0.4, 0.5) is 0 Å². The van der Waals surface area contributed by atoms with Crippen molar-refractivity contribution in [2.45, 2.75) is 6.92 Å². The minimum atomic E-state index is -0.676. The highest BCUT2D eigenvalue weighted by Crippen LogP contribution is 1.91. The molecule has 0 unspecified atom stereocenters. The Morgan fingerprint density at radius 1 is 1.33 bits per heavy atom. The molecule has 6 heteroatoms. The van der Waals surface area contributed by atoms with Gasteiger partial charge >= 0.3 is 11.9 Å². The number of carbonyl (C=O) groups is 2. The number of hydrogen-bond donors (Lipinski definition) is 0. The number of nitrogens with zero attached hydrogens (tertiary/aromatic N) is 1. The van der Waals surface area contributed by atoms with Gasteiger partial charge < -0.3 is 9.47 Å². The van der Waals surface area contributed by atoms with Crippen LogP contribution in [0, 0.1) is 0 Å². The SMILES string of the molecule is C=C(C)C(=O)OCCOC(=O)CN=C=O. The molecule has 0 aliphatic carbocycles. The van der Waals surface area contributed by atoms with Gasteiger partial charge in [-0.15, -0.1) is 0 Å². The molecule has 0 atom stereocenters. The van der Waals surface area contributed by atoms with E-state index in [-0.39, 0.29) is 25.3 Å². The van der Waals surface area contributed by atoms with E-state index in [1.807, 2.05) is 0 Å². The summed E-state index contributed by atoms with van der Waals surface area (Å²) in [5.74, 6) is -1.22. The lowest BCUT2D eigenvalue weighted by Crippen LogP contribution is -2.15. The summed E-state index contributed by atoms with van der Waals surface area (Å²) >= 11 is 0. The van der Waals surface area contributed by atoms with Crippen LogP contribution < -0.4 is 0 Å². The third-order valence-electron chi connectivity index (χ3n) is 1.20. The molecule has 0 radical (unpaired) electrons. The van der Waals surface area contributed by atoms with Gasteiger partial charge in [0.25, 0.3) is 0 Å². The quantitative estimate of drug-likeness (QED) is 0.204. The van der Waals surface area contributed by atoms with Crippen molar-refractivity contribution in [3.63, 3.8) is 0 Å².